The Kier molecular flexibility index (Phi) is 5.53. The first-order valence-corrected chi connectivity index (χ1v) is 7.44. The Morgan fingerprint density at radius 1 is 1.40 bits per heavy atom. The summed E-state index contributed by atoms with van der Waals surface area (Å²) < 4.78 is 4.65. The summed E-state index contributed by atoms with van der Waals surface area (Å²) in [6.07, 6.45) is 7.02. The van der Waals surface area contributed by atoms with Crippen LogP contribution < -0.4 is 5.32 Å². The SMILES string of the molecule is COC(=O)c1ccc(CNCC2CCCCC2C)nc1. The highest BCUT2D eigenvalue weighted by Crippen LogP contribution is 2.28. The molecule has 20 heavy (non-hydrogen) atoms. The van der Waals surface area contributed by atoms with Crippen LogP contribution in [-0.2, 0) is 11.3 Å². The first kappa shape index (κ1) is 15.0. The van der Waals surface area contributed by atoms with Crippen molar-refractivity contribution in [3.05, 3.63) is 29.6 Å². The maximum absolute atomic E-state index is 11.3. The number of rotatable bonds is 5. The quantitative estimate of drug-likeness (QED) is 0.840. The van der Waals surface area contributed by atoms with Crippen LogP contribution in [0.1, 0.15) is 48.7 Å². The monoisotopic (exact) mass is 276 g/mol. The maximum atomic E-state index is 11.3. The zero-order chi connectivity index (χ0) is 14.4. The van der Waals surface area contributed by atoms with Crippen LogP contribution in [0.2, 0.25) is 0 Å². The summed E-state index contributed by atoms with van der Waals surface area (Å²) in [6, 6.07) is 3.64. The van der Waals surface area contributed by atoms with E-state index in [4.69, 9.17) is 0 Å². The van der Waals surface area contributed by atoms with Crippen molar-refractivity contribution in [1.82, 2.24) is 10.3 Å². The fourth-order valence-electron chi connectivity index (χ4n) is 2.85. The van der Waals surface area contributed by atoms with Crippen LogP contribution in [0.5, 0.6) is 0 Å². The van der Waals surface area contributed by atoms with Crippen molar-refractivity contribution in [2.45, 2.75) is 39.2 Å². The Balaban J connectivity index is 1.77. The topological polar surface area (TPSA) is 51.2 Å². The molecule has 0 bridgehead atoms. The van der Waals surface area contributed by atoms with Gasteiger partial charge in [-0.05, 0) is 36.9 Å². The highest BCUT2D eigenvalue weighted by molar-refractivity contribution is 5.88. The number of carbonyl (C=O) groups is 1. The van der Waals surface area contributed by atoms with E-state index in [1.54, 1.807) is 12.3 Å². The number of pyridine rings is 1. The minimum absolute atomic E-state index is 0.340. The second kappa shape index (κ2) is 7.39. The highest BCUT2D eigenvalue weighted by atomic mass is 16.5. The van der Waals surface area contributed by atoms with Gasteiger partial charge in [-0.1, -0.05) is 26.2 Å². The lowest BCUT2D eigenvalue weighted by Crippen LogP contribution is -2.29. The van der Waals surface area contributed by atoms with Crippen molar-refractivity contribution in [1.29, 1.82) is 0 Å². The Hall–Kier alpha value is -1.42. The fraction of sp³-hybridized carbons (Fsp3) is 0.625. The summed E-state index contributed by atoms with van der Waals surface area (Å²) in [4.78, 5) is 15.6. The summed E-state index contributed by atoms with van der Waals surface area (Å²) in [7, 11) is 1.38. The molecular weight excluding hydrogens is 252 g/mol. The minimum Gasteiger partial charge on any atom is -0.465 e. The van der Waals surface area contributed by atoms with Crippen LogP contribution in [0, 0.1) is 11.8 Å². The second-order valence-corrected chi connectivity index (χ2v) is 5.68. The Morgan fingerprint density at radius 2 is 2.20 bits per heavy atom. The average Bonchev–Trinajstić information content (AvgIpc) is 2.49. The van der Waals surface area contributed by atoms with E-state index in [-0.39, 0.29) is 5.97 Å². The van der Waals surface area contributed by atoms with Gasteiger partial charge in [-0.3, -0.25) is 4.98 Å². The largest absolute Gasteiger partial charge is 0.465 e. The van der Waals surface area contributed by atoms with Crippen molar-refractivity contribution < 1.29 is 9.53 Å². The molecule has 2 rings (SSSR count). The van der Waals surface area contributed by atoms with Gasteiger partial charge in [-0.2, -0.15) is 0 Å². The van der Waals surface area contributed by atoms with E-state index in [1.165, 1.54) is 32.8 Å². The molecule has 4 heteroatoms. The summed E-state index contributed by atoms with van der Waals surface area (Å²) in [5, 5.41) is 3.49. The molecular formula is C16H24N2O2. The molecule has 0 aliphatic heterocycles. The number of carbonyl (C=O) groups excluding carboxylic acids is 1. The molecule has 2 unspecified atom stereocenters. The van der Waals surface area contributed by atoms with E-state index in [2.05, 4.69) is 22.0 Å². The number of ether oxygens (including phenoxy) is 1. The van der Waals surface area contributed by atoms with E-state index in [1.807, 2.05) is 6.07 Å². The van der Waals surface area contributed by atoms with Crippen LogP contribution in [0.4, 0.5) is 0 Å². The Labute approximate surface area is 120 Å². The maximum Gasteiger partial charge on any atom is 0.339 e. The zero-order valence-electron chi connectivity index (χ0n) is 12.4. The molecule has 1 N–H and O–H groups in total. The summed E-state index contributed by atoms with van der Waals surface area (Å²) >= 11 is 0. The first-order valence-electron chi connectivity index (χ1n) is 7.44. The number of methoxy groups -OCH3 is 1. The smallest absolute Gasteiger partial charge is 0.339 e. The summed E-state index contributed by atoms with van der Waals surface area (Å²) in [6.45, 7) is 4.17. The molecule has 110 valence electrons. The van der Waals surface area contributed by atoms with E-state index in [0.717, 1.165) is 30.6 Å². The zero-order valence-corrected chi connectivity index (χ0v) is 12.4. The molecule has 1 aromatic rings. The van der Waals surface area contributed by atoms with Crippen LogP contribution in [0.15, 0.2) is 18.3 Å². The van der Waals surface area contributed by atoms with Gasteiger partial charge < -0.3 is 10.1 Å². The third kappa shape index (κ3) is 4.04. The van der Waals surface area contributed by atoms with Gasteiger partial charge in [0.2, 0.25) is 0 Å². The summed E-state index contributed by atoms with van der Waals surface area (Å²) in [5.41, 5.74) is 1.46. The number of esters is 1. The molecule has 0 saturated heterocycles. The third-order valence-electron chi connectivity index (χ3n) is 4.25. The molecule has 2 atom stereocenters. The first-order chi connectivity index (χ1) is 9.70. The van der Waals surface area contributed by atoms with Gasteiger partial charge in [0.25, 0.3) is 0 Å². The molecule has 0 spiro atoms. The molecule has 0 aromatic carbocycles. The number of aromatic nitrogens is 1. The average molecular weight is 276 g/mol. The Bertz CT molecular complexity index is 431. The molecule has 0 amide bonds. The Morgan fingerprint density at radius 3 is 2.85 bits per heavy atom. The van der Waals surface area contributed by atoms with E-state index >= 15 is 0 Å². The van der Waals surface area contributed by atoms with Gasteiger partial charge in [0.05, 0.1) is 18.4 Å². The van der Waals surface area contributed by atoms with Crippen LogP contribution in [0.3, 0.4) is 0 Å². The second-order valence-electron chi connectivity index (χ2n) is 5.68. The van der Waals surface area contributed by atoms with Gasteiger partial charge in [-0.25, -0.2) is 4.79 Å². The fourth-order valence-corrected chi connectivity index (χ4v) is 2.85. The van der Waals surface area contributed by atoms with Crippen molar-refractivity contribution >= 4 is 5.97 Å². The van der Waals surface area contributed by atoms with Crippen molar-refractivity contribution in [3.63, 3.8) is 0 Å². The molecule has 1 fully saturated rings. The van der Waals surface area contributed by atoms with Gasteiger partial charge in [-0.15, -0.1) is 0 Å². The molecule has 1 aliphatic rings. The molecule has 0 radical (unpaired) electrons. The van der Waals surface area contributed by atoms with Crippen LogP contribution in [-0.4, -0.2) is 24.6 Å². The molecule has 4 nitrogen and oxygen atoms in total. The normalized spacial score (nSPS) is 22.5. The van der Waals surface area contributed by atoms with E-state index in [0.29, 0.717) is 5.56 Å². The number of nitrogens with one attached hydrogen (secondary N) is 1. The van der Waals surface area contributed by atoms with Gasteiger partial charge in [0.15, 0.2) is 0 Å². The predicted molar refractivity (Wildman–Crippen MR) is 78.4 cm³/mol. The van der Waals surface area contributed by atoms with E-state index < -0.39 is 0 Å². The molecule has 1 aliphatic carbocycles. The lowest BCUT2D eigenvalue weighted by molar-refractivity contribution is 0.0600. The van der Waals surface area contributed by atoms with Crippen LogP contribution in [0.25, 0.3) is 0 Å². The van der Waals surface area contributed by atoms with E-state index in [9.17, 15) is 4.79 Å². The van der Waals surface area contributed by atoms with Crippen molar-refractivity contribution in [2.75, 3.05) is 13.7 Å². The van der Waals surface area contributed by atoms with Crippen molar-refractivity contribution in [2.24, 2.45) is 11.8 Å². The van der Waals surface area contributed by atoms with Gasteiger partial charge in [0, 0.05) is 12.7 Å². The number of hydrogen-bond donors (Lipinski definition) is 1. The number of nitrogens with zero attached hydrogens (tertiary/aromatic N) is 1. The number of hydrogen-bond acceptors (Lipinski definition) is 4. The highest BCUT2D eigenvalue weighted by Gasteiger charge is 2.20. The molecule has 1 aromatic heterocycles. The third-order valence-corrected chi connectivity index (χ3v) is 4.25. The van der Waals surface area contributed by atoms with Crippen LogP contribution >= 0.6 is 0 Å². The predicted octanol–water partition coefficient (Wildman–Crippen LogP) is 2.78. The molecule has 1 saturated carbocycles. The van der Waals surface area contributed by atoms with Gasteiger partial charge >= 0.3 is 5.97 Å². The standard InChI is InChI=1S/C16H24N2O2/c1-12-5-3-4-6-13(12)9-17-11-15-8-7-14(10-18-15)16(19)20-2/h7-8,10,12-13,17H,3-6,9,11H2,1-2H3. The summed E-state index contributed by atoms with van der Waals surface area (Å²) in [5.74, 6) is 1.28. The molecule has 1 heterocycles. The van der Waals surface area contributed by atoms with Gasteiger partial charge in [0.1, 0.15) is 0 Å². The lowest BCUT2D eigenvalue weighted by Gasteiger charge is -2.28. The van der Waals surface area contributed by atoms with Crippen molar-refractivity contribution in [3.8, 4) is 0 Å². The minimum atomic E-state index is -0.340. The lowest BCUT2D eigenvalue weighted by atomic mass is 9.80.